The lowest BCUT2D eigenvalue weighted by Gasteiger charge is -2.38. The number of benzene rings is 1. The van der Waals surface area contributed by atoms with Gasteiger partial charge in [-0.25, -0.2) is 0 Å². The van der Waals surface area contributed by atoms with Gasteiger partial charge in [-0.05, 0) is 68.7 Å². The Balaban J connectivity index is 2.10. The van der Waals surface area contributed by atoms with Gasteiger partial charge in [0.25, 0.3) is 0 Å². The van der Waals surface area contributed by atoms with Crippen LogP contribution in [0.1, 0.15) is 60.8 Å². The van der Waals surface area contributed by atoms with Crippen LogP contribution in [0.4, 0.5) is 0 Å². The molecule has 2 N–H and O–H groups in total. The normalized spacial score (nSPS) is 29.5. The summed E-state index contributed by atoms with van der Waals surface area (Å²) in [6.45, 7) is 8.10. The van der Waals surface area contributed by atoms with Crippen LogP contribution in [-0.4, -0.2) is 34.9 Å². The van der Waals surface area contributed by atoms with Crippen molar-refractivity contribution >= 4 is 12.1 Å². The first-order chi connectivity index (χ1) is 10.7. The van der Waals surface area contributed by atoms with E-state index in [0.717, 1.165) is 16.7 Å². The summed E-state index contributed by atoms with van der Waals surface area (Å²) in [6.07, 6.45) is 2.73. The van der Waals surface area contributed by atoms with Crippen LogP contribution in [0.3, 0.4) is 0 Å². The van der Waals surface area contributed by atoms with Crippen molar-refractivity contribution in [1.29, 1.82) is 0 Å². The molecule has 1 aromatic carbocycles. The molecule has 1 saturated carbocycles. The topological polar surface area (TPSA) is 66.4 Å². The Morgan fingerprint density at radius 2 is 1.83 bits per heavy atom. The van der Waals surface area contributed by atoms with Crippen molar-refractivity contribution in [2.24, 2.45) is 0 Å². The van der Waals surface area contributed by atoms with Gasteiger partial charge in [-0.1, -0.05) is 12.1 Å². The summed E-state index contributed by atoms with van der Waals surface area (Å²) in [6, 6.07) is 4.36. The molecule has 1 aliphatic carbocycles. The van der Waals surface area contributed by atoms with Gasteiger partial charge < -0.3 is 10.4 Å². The van der Waals surface area contributed by atoms with Gasteiger partial charge in [-0.2, -0.15) is 0 Å². The predicted octanol–water partition coefficient (Wildman–Crippen LogP) is 2.15. The minimum atomic E-state index is -1.72. The standard InChI is InChI=1S/C19H25NO3/c1-11-7-14(13-5-6-13)8-12(2)17(11)15-9-20-18(3,4)19(15,23)16(22)10-21/h7-8,10,13,15,20,23H,5-6,9H2,1-4H3. The first-order valence-electron chi connectivity index (χ1n) is 8.30. The molecule has 2 fully saturated rings. The summed E-state index contributed by atoms with van der Waals surface area (Å²) in [7, 11) is 0. The zero-order valence-corrected chi connectivity index (χ0v) is 14.3. The fourth-order valence-electron chi connectivity index (χ4n) is 4.17. The molecule has 4 heteroatoms. The van der Waals surface area contributed by atoms with Gasteiger partial charge in [0.15, 0.2) is 11.9 Å². The molecule has 4 nitrogen and oxygen atoms in total. The number of aldehydes is 1. The van der Waals surface area contributed by atoms with Gasteiger partial charge >= 0.3 is 0 Å². The molecule has 1 heterocycles. The molecule has 0 radical (unpaired) electrons. The van der Waals surface area contributed by atoms with Crippen molar-refractivity contribution in [2.45, 2.75) is 63.5 Å². The second-order valence-electron chi connectivity index (χ2n) is 7.65. The van der Waals surface area contributed by atoms with E-state index in [1.165, 1.54) is 18.4 Å². The lowest BCUT2D eigenvalue weighted by Crippen LogP contribution is -2.59. The first-order valence-corrected chi connectivity index (χ1v) is 8.30. The maximum Gasteiger partial charge on any atom is 0.229 e. The number of hydrogen-bond donors (Lipinski definition) is 2. The highest BCUT2D eigenvalue weighted by molar-refractivity contribution is 6.29. The zero-order chi connectivity index (χ0) is 17.0. The number of ketones is 1. The molecule has 2 unspecified atom stereocenters. The summed E-state index contributed by atoms with van der Waals surface area (Å²) in [5, 5.41) is 14.4. The Hall–Kier alpha value is -1.52. The molecule has 3 rings (SSSR count). The number of Topliss-reactive ketones (excluding diaryl/α,β-unsaturated/α-hetero) is 1. The van der Waals surface area contributed by atoms with Crippen molar-refractivity contribution in [1.82, 2.24) is 5.32 Å². The molecule has 1 aliphatic heterocycles. The fraction of sp³-hybridized carbons (Fsp3) is 0.579. The van der Waals surface area contributed by atoms with E-state index in [1.807, 2.05) is 13.8 Å². The van der Waals surface area contributed by atoms with Crippen LogP contribution in [-0.2, 0) is 9.59 Å². The maximum absolute atomic E-state index is 12.3. The molecule has 124 valence electrons. The Bertz CT molecular complexity index is 652. The van der Waals surface area contributed by atoms with E-state index in [4.69, 9.17) is 0 Å². The van der Waals surface area contributed by atoms with E-state index in [0.29, 0.717) is 12.5 Å². The Morgan fingerprint density at radius 3 is 2.30 bits per heavy atom. The van der Waals surface area contributed by atoms with E-state index >= 15 is 0 Å². The molecule has 0 amide bonds. The number of carbonyl (C=O) groups is 2. The van der Waals surface area contributed by atoms with Crippen molar-refractivity contribution in [3.63, 3.8) is 0 Å². The van der Waals surface area contributed by atoms with E-state index in [1.54, 1.807) is 13.8 Å². The van der Waals surface area contributed by atoms with Gasteiger partial charge in [-0.15, -0.1) is 0 Å². The lowest BCUT2D eigenvalue weighted by molar-refractivity contribution is -0.148. The van der Waals surface area contributed by atoms with Crippen LogP contribution in [0.15, 0.2) is 12.1 Å². The van der Waals surface area contributed by atoms with Crippen molar-refractivity contribution < 1.29 is 14.7 Å². The van der Waals surface area contributed by atoms with Crippen molar-refractivity contribution in [2.75, 3.05) is 6.54 Å². The van der Waals surface area contributed by atoms with Crippen LogP contribution < -0.4 is 5.32 Å². The predicted molar refractivity (Wildman–Crippen MR) is 88.7 cm³/mol. The van der Waals surface area contributed by atoms with E-state index in [-0.39, 0.29) is 6.29 Å². The molecular formula is C19H25NO3. The Morgan fingerprint density at radius 1 is 1.26 bits per heavy atom. The highest BCUT2D eigenvalue weighted by Gasteiger charge is 2.59. The third-order valence-electron chi connectivity index (χ3n) is 5.70. The zero-order valence-electron chi connectivity index (χ0n) is 14.3. The van der Waals surface area contributed by atoms with E-state index in [2.05, 4.69) is 17.4 Å². The summed E-state index contributed by atoms with van der Waals surface area (Å²) in [5.41, 5.74) is 1.96. The summed E-state index contributed by atoms with van der Waals surface area (Å²) in [5.74, 6) is -0.499. The van der Waals surface area contributed by atoms with Crippen molar-refractivity contribution in [3.05, 3.63) is 34.4 Å². The Labute approximate surface area is 137 Å². The third-order valence-corrected chi connectivity index (χ3v) is 5.70. The molecule has 0 spiro atoms. The average Bonchev–Trinajstić information content (AvgIpc) is 3.29. The number of rotatable bonds is 4. The Kier molecular flexibility index (Phi) is 3.73. The lowest BCUT2D eigenvalue weighted by atomic mass is 9.70. The molecule has 2 atom stereocenters. The van der Waals surface area contributed by atoms with Crippen LogP contribution in [0.5, 0.6) is 0 Å². The van der Waals surface area contributed by atoms with Crippen LogP contribution in [0.2, 0.25) is 0 Å². The van der Waals surface area contributed by atoms with Gasteiger partial charge in [0.05, 0.1) is 0 Å². The summed E-state index contributed by atoms with van der Waals surface area (Å²) < 4.78 is 0. The number of carbonyl (C=O) groups excluding carboxylic acids is 2. The number of hydrogen-bond acceptors (Lipinski definition) is 4. The monoisotopic (exact) mass is 315 g/mol. The van der Waals surface area contributed by atoms with E-state index < -0.39 is 22.8 Å². The molecule has 23 heavy (non-hydrogen) atoms. The molecular weight excluding hydrogens is 290 g/mol. The van der Waals surface area contributed by atoms with Gasteiger partial charge in [0, 0.05) is 18.0 Å². The van der Waals surface area contributed by atoms with Crippen LogP contribution in [0.25, 0.3) is 0 Å². The number of nitrogens with one attached hydrogen (secondary N) is 1. The number of aliphatic hydroxyl groups is 1. The smallest absolute Gasteiger partial charge is 0.229 e. The highest BCUT2D eigenvalue weighted by atomic mass is 16.3. The molecule has 1 saturated heterocycles. The van der Waals surface area contributed by atoms with E-state index in [9.17, 15) is 14.7 Å². The minimum absolute atomic E-state index is 0.255. The summed E-state index contributed by atoms with van der Waals surface area (Å²) >= 11 is 0. The van der Waals surface area contributed by atoms with Gasteiger partial charge in [-0.3, -0.25) is 9.59 Å². The SMILES string of the molecule is Cc1cc(C2CC2)cc(C)c1C1CNC(C)(C)C1(O)C(=O)C=O. The first kappa shape index (κ1) is 16.3. The molecule has 1 aromatic rings. The summed E-state index contributed by atoms with van der Waals surface area (Å²) in [4.78, 5) is 23.4. The van der Waals surface area contributed by atoms with Crippen molar-refractivity contribution in [3.8, 4) is 0 Å². The second kappa shape index (κ2) is 5.25. The second-order valence-corrected chi connectivity index (χ2v) is 7.65. The molecule has 0 aromatic heterocycles. The maximum atomic E-state index is 12.3. The minimum Gasteiger partial charge on any atom is -0.379 e. The van der Waals surface area contributed by atoms with Crippen LogP contribution >= 0.6 is 0 Å². The largest absolute Gasteiger partial charge is 0.379 e. The molecule has 0 bridgehead atoms. The van der Waals surface area contributed by atoms with Gasteiger partial charge in [0.1, 0.15) is 0 Å². The number of aryl methyl sites for hydroxylation is 2. The third kappa shape index (κ3) is 2.36. The highest BCUT2D eigenvalue weighted by Crippen LogP contribution is 2.46. The average molecular weight is 315 g/mol. The van der Waals surface area contributed by atoms with Gasteiger partial charge in [0.2, 0.25) is 5.78 Å². The van der Waals surface area contributed by atoms with Crippen LogP contribution in [0, 0.1) is 13.8 Å². The fourth-order valence-corrected chi connectivity index (χ4v) is 4.17. The molecule has 2 aliphatic rings. The quantitative estimate of drug-likeness (QED) is 0.660.